The van der Waals surface area contributed by atoms with Crippen molar-refractivity contribution in [1.82, 2.24) is 0 Å². The summed E-state index contributed by atoms with van der Waals surface area (Å²) < 4.78 is 0. The van der Waals surface area contributed by atoms with Crippen LogP contribution in [0.15, 0.2) is 11.6 Å². The molecule has 0 aliphatic heterocycles. The van der Waals surface area contributed by atoms with Gasteiger partial charge in [0.2, 0.25) is 0 Å². The maximum absolute atomic E-state index is 11.8. The lowest BCUT2D eigenvalue weighted by molar-refractivity contribution is -0.124. The predicted octanol–water partition coefficient (Wildman–Crippen LogP) is 2.46. The van der Waals surface area contributed by atoms with Crippen molar-refractivity contribution in [3.63, 3.8) is 0 Å². The molecule has 1 saturated carbocycles. The van der Waals surface area contributed by atoms with E-state index in [0.29, 0.717) is 0 Å². The smallest absolute Gasteiger partial charge is 0.137 e. The summed E-state index contributed by atoms with van der Waals surface area (Å²) in [4.78, 5) is 11.8. The van der Waals surface area contributed by atoms with Crippen LogP contribution in [0.4, 0.5) is 0 Å². The number of hydrogen-bond acceptors (Lipinski definition) is 2. The summed E-state index contributed by atoms with van der Waals surface area (Å²) in [5, 5.41) is 9.82. The number of aliphatic hydroxyl groups is 1. The van der Waals surface area contributed by atoms with Gasteiger partial charge in [0.25, 0.3) is 0 Å². The SMILES string of the molecule is CC(=O)C1C(C)=CC(O)CC12CCCC2. The molecule has 0 radical (unpaired) electrons. The lowest BCUT2D eigenvalue weighted by Crippen LogP contribution is -2.39. The lowest BCUT2D eigenvalue weighted by Gasteiger charge is -2.41. The van der Waals surface area contributed by atoms with Crippen molar-refractivity contribution in [2.75, 3.05) is 0 Å². The zero-order chi connectivity index (χ0) is 11.1. The second-order valence-electron chi connectivity index (χ2n) is 5.30. The molecule has 2 rings (SSSR count). The summed E-state index contributed by atoms with van der Waals surface area (Å²) in [5.41, 5.74) is 1.17. The zero-order valence-corrected chi connectivity index (χ0v) is 9.62. The Labute approximate surface area is 91.4 Å². The van der Waals surface area contributed by atoms with Crippen LogP contribution in [-0.4, -0.2) is 17.0 Å². The quantitative estimate of drug-likeness (QED) is 0.672. The van der Waals surface area contributed by atoms with E-state index in [0.717, 1.165) is 24.8 Å². The largest absolute Gasteiger partial charge is 0.389 e. The van der Waals surface area contributed by atoms with Crippen LogP contribution in [0.5, 0.6) is 0 Å². The van der Waals surface area contributed by atoms with Crippen molar-refractivity contribution in [2.45, 2.75) is 52.1 Å². The van der Waals surface area contributed by atoms with E-state index in [4.69, 9.17) is 0 Å². The van der Waals surface area contributed by atoms with E-state index in [2.05, 4.69) is 0 Å². The van der Waals surface area contributed by atoms with Gasteiger partial charge in [-0.05, 0) is 38.5 Å². The van der Waals surface area contributed by atoms with Gasteiger partial charge < -0.3 is 5.11 Å². The van der Waals surface area contributed by atoms with Crippen molar-refractivity contribution >= 4 is 5.78 Å². The minimum Gasteiger partial charge on any atom is -0.389 e. The number of carbonyl (C=O) groups excluding carboxylic acids is 1. The fraction of sp³-hybridized carbons (Fsp3) is 0.769. The third kappa shape index (κ3) is 1.76. The topological polar surface area (TPSA) is 37.3 Å². The highest BCUT2D eigenvalue weighted by atomic mass is 16.3. The summed E-state index contributed by atoms with van der Waals surface area (Å²) in [6, 6.07) is 0. The fourth-order valence-corrected chi connectivity index (χ4v) is 3.80. The van der Waals surface area contributed by atoms with E-state index in [9.17, 15) is 9.90 Å². The van der Waals surface area contributed by atoms with Gasteiger partial charge in [0, 0.05) is 5.92 Å². The molecule has 2 atom stereocenters. The van der Waals surface area contributed by atoms with E-state index in [1.165, 1.54) is 12.8 Å². The molecule has 2 heteroatoms. The van der Waals surface area contributed by atoms with Crippen LogP contribution in [0.3, 0.4) is 0 Å². The molecule has 2 aliphatic rings. The number of rotatable bonds is 1. The van der Waals surface area contributed by atoms with Crippen molar-refractivity contribution in [3.8, 4) is 0 Å². The molecule has 0 heterocycles. The molecule has 0 amide bonds. The molecule has 1 N–H and O–H groups in total. The third-order valence-corrected chi connectivity index (χ3v) is 4.14. The average Bonchev–Trinajstić information content (AvgIpc) is 2.50. The Kier molecular flexibility index (Phi) is 2.72. The van der Waals surface area contributed by atoms with Gasteiger partial charge in [0.15, 0.2) is 0 Å². The molecular weight excluding hydrogens is 188 g/mol. The van der Waals surface area contributed by atoms with Crippen molar-refractivity contribution in [1.29, 1.82) is 0 Å². The highest BCUT2D eigenvalue weighted by molar-refractivity contribution is 5.82. The van der Waals surface area contributed by atoms with Gasteiger partial charge >= 0.3 is 0 Å². The van der Waals surface area contributed by atoms with E-state index in [1.807, 2.05) is 13.0 Å². The van der Waals surface area contributed by atoms with E-state index in [-0.39, 0.29) is 23.2 Å². The summed E-state index contributed by atoms with van der Waals surface area (Å²) in [5.74, 6) is 0.348. The van der Waals surface area contributed by atoms with Gasteiger partial charge in [-0.15, -0.1) is 0 Å². The molecule has 1 spiro atoms. The van der Waals surface area contributed by atoms with Gasteiger partial charge in [0.05, 0.1) is 6.10 Å². The van der Waals surface area contributed by atoms with Gasteiger partial charge in [-0.1, -0.05) is 24.5 Å². The normalized spacial score (nSPS) is 34.2. The molecule has 0 aromatic carbocycles. The van der Waals surface area contributed by atoms with Crippen LogP contribution in [0, 0.1) is 11.3 Å². The van der Waals surface area contributed by atoms with Crippen LogP contribution in [0.2, 0.25) is 0 Å². The molecule has 15 heavy (non-hydrogen) atoms. The van der Waals surface area contributed by atoms with E-state index >= 15 is 0 Å². The van der Waals surface area contributed by atoms with Crippen LogP contribution in [0.1, 0.15) is 46.0 Å². The lowest BCUT2D eigenvalue weighted by atomic mass is 9.63. The van der Waals surface area contributed by atoms with Crippen LogP contribution in [-0.2, 0) is 4.79 Å². The van der Waals surface area contributed by atoms with Gasteiger partial charge in [-0.3, -0.25) is 4.79 Å². The molecule has 2 aliphatic carbocycles. The summed E-state index contributed by atoms with van der Waals surface area (Å²) in [7, 11) is 0. The second-order valence-corrected chi connectivity index (χ2v) is 5.30. The van der Waals surface area contributed by atoms with Crippen LogP contribution >= 0.6 is 0 Å². The number of allylic oxidation sites excluding steroid dienone is 1. The Morgan fingerprint density at radius 3 is 2.60 bits per heavy atom. The maximum Gasteiger partial charge on any atom is 0.137 e. The number of carbonyl (C=O) groups is 1. The van der Waals surface area contributed by atoms with Crippen LogP contribution in [0.25, 0.3) is 0 Å². The summed E-state index contributed by atoms with van der Waals surface area (Å²) in [6.45, 7) is 3.69. The highest BCUT2D eigenvalue weighted by Crippen LogP contribution is 2.52. The molecule has 0 saturated heterocycles. The van der Waals surface area contributed by atoms with E-state index in [1.54, 1.807) is 6.92 Å². The first-order valence-electron chi connectivity index (χ1n) is 5.92. The number of Topliss-reactive ketones (excluding diaryl/α,β-unsaturated/α-hetero) is 1. The number of aliphatic hydroxyl groups excluding tert-OH is 1. The minimum atomic E-state index is -0.335. The minimum absolute atomic E-state index is 0.0726. The summed E-state index contributed by atoms with van der Waals surface area (Å²) in [6.07, 6.45) is 6.97. The average molecular weight is 208 g/mol. The molecule has 84 valence electrons. The van der Waals surface area contributed by atoms with Gasteiger partial charge in [0.1, 0.15) is 5.78 Å². The predicted molar refractivity (Wildman–Crippen MR) is 59.5 cm³/mol. The Balaban J connectivity index is 2.36. The molecule has 0 aromatic heterocycles. The van der Waals surface area contributed by atoms with Crippen molar-refractivity contribution in [2.24, 2.45) is 11.3 Å². The molecule has 2 nitrogen and oxygen atoms in total. The Bertz CT molecular complexity index is 298. The molecule has 0 bridgehead atoms. The summed E-state index contributed by atoms with van der Waals surface area (Å²) >= 11 is 0. The van der Waals surface area contributed by atoms with Crippen molar-refractivity contribution in [3.05, 3.63) is 11.6 Å². The fourth-order valence-electron chi connectivity index (χ4n) is 3.80. The molecular formula is C13H20O2. The highest BCUT2D eigenvalue weighted by Gasteiger charge is 2.47. The van der Waals surface area contributed by atoms with E-state index < -0.39 is 0 Å². The molecule has 2 unspecified atom stereocenters. The Morgan fingerprint density at radius 2 is 2.07 bits per heavy atom. The standard InChI is InChI=1S/C13H20O2/c1-9-7-11(15)8-13(5-3-4-6-13)12(9)10(2)14/h7,11-12,15H,3-6,8H2,1-2H3. The van der Waals surface area contributed by atoms with Crippen molar-refractivity contribution < 1.29 is 9.90 Å². The molecule has 1 fully saturated rings. The first-order chi connectivity index (χ1) is 7.05. The first-order valence-corrected chi connectivity index (χ1v) is 5.92. The molecule has 0 aromatic rings. The number of hydrogen-bond donors (Lipinski definition) is 1. The zero-order valence-electron chi connectivity index (χ0n) is 9.62. The monoisotopic (exact) mass is 208 g/mol. The Morgan fingerprint density at radius 1 is 1.47 bits per heavy atom. The Hall–Kier alpha value is -0.630. The van der Waals surface area contributed by atoms with Crippen LogP contribution < -0.4 is 0 Å². The van der Waals surface area contributed by atoms with Gasteiger partial charge in [-0.25, -0.2) is 0 Å². The third-order valence-electron chi connectivity index (χ3n) is 4.14. The maximum atomic E-state index is 11.8. The second kappa shape index (κ2) is 3.75. The first kappa shape index (κ1) is 10.9. The number of ketones is 1. The van der Waals surface area contributed by atoms with Gasteiger partial charge in [-0.2, -0.15) is 0 Å².